The average Bonchev–Trinajstić information content (AvgIpc) is 2.89. The summed E-state index contributed by atoms with van der Waals surface area (Å²) in [5.41, 5.74) is -0.0852. The van der Waals surface area contributed by atoms with Crippen LogP contribution in [0.5, 0.6) is 0 Å². The van der Waals surface area contributed by atoms with E-state index in [2.05, 4.69) is 5.32 Å². The van der Waals surface area contributed by atoms with Crippen LogP contribution in [0.1, 0.15) is 16.5 Å². The van der Waals surface area contributed by atoms with Crippen LogP contribution in [0, 0.1) is 17.5 Å². The maximum Gasteiger partial charge on any atom is 0.161 e. The molecule has 2 rings (SSSR count). The van der Waals surface area contributed by atoms with E-state index in [-0.39, 0.29) is 5.56 Å². The summed E-state index contributed by atoms with van der Waals surface area (Å²) < 4.78 is 39.5. The van der Waals surface area contributed by atoms with Gasteiger partial charge in [0.25, 0.3) is 0 Å². The molecule has 0 saturated carbocycles. The van der Waals surface area contributed by atoms with Crippen LogP contribution >= 0.6 is 11.3 Å². The van der Waals surface area contributed by atoms with Crippen molar-refractivity contribution in [1.82, 2.24) is 5.32 Å². The largest absolute Gasteiger partial charge is 0.394 e. The quantitative estimate of drug-likeness (QED) is 0.829. The van der Waals surface area contributed by atoms with Gasteiger partial charge in [0, 0.05) is 23.1 Å². The number of halogens is 3. The predicted octanol–water partition coefficient (Wildman–Crippen LogP) is 2.99. The highest BCUT2D eigenvalue weighted by Gasteiger charge is 2.18. The summed E-state index contributed by atoms with van der Waals surface area (Å²) in [7, 11) is 0. The SMILES string of the molecule is OCC(NCc1cccs1)c1cc(F)c(F)cc1F. The summed E-state index contributed by atoms with van der Waals surface area (Å²) in [6.45, 7) is 0.00863. The molecule has 6 heteroatoms. The summed E-state index contributed by atoms with van der Waals surface area (Å²) >= 11 is 1.51. The van der Waals surface area contributed by atoms with E-state index in [1.807, 2.05) is 17.5 Å². The Morgan fingerprint density at radius 3 is 2.53 bits per heavy atom. The minimum Gasteiger partial charge on any atom is -0.394 e. The van der Waals surface area contributed by atoms with Gasteiger partial charge in [-0.1, -0.05) is 6.07 Å². The number of rotatable bonds is 5. The molecule has 0 amide bonds. The highest BCUT2D eigenvalue weighted by molar-refractivity contribution is 7.09. The van der Waals surface area contributed by atoms with Crippen LogP contribution in [0.4, 0.5) is 13.2 Å². The number of nitrogens with one attached hydrogen (secondary N) is 1. The number of hydrogen-bond acceptors (Lipinski definition) is 3. The van der Waals surface area contributed by atoms with Crippen molar-refractivity contribution in [2.75, 3.05) is 6.61 Å². The van der Waals surface area contributed by atoms with Crippen molar-refractivity contribution in [2.45, 2.75) is 12.6 Å². The van der Waals surface area contributed by atoms with E-state index < -0.39 is 30.1 Å². The fraction of sp³-hybridized carbons (Fsp3) is 0.231. The van der Waals surface area contributed by atoms with Crippen LogP contribution in [0.25, 0.3) is 0 Å². The molecule has 0 radical (unpaired) electrons. The fourth-order valence-corrected chi connectivity index (χ4v) is 2.37. The molecule has 1 atom stereocenters. The van der Waals surface area contributed by atoms with E-state index >= 15 is 0 Å². The number of benzene rings is 1. The molecule has 2 N–H and O–H groups in total. The van der Waals surface area contributed by atoms with E-state index in [0.29, 0.717) is 12.6 Å². The standard InChI is InChI=1S/C13H12F3NOS/c14-10-5-12(16)11(15)4-9(10)13(7-18)17-6-8-2-1-3-19-8/h1-5,13,17-18H,6-7H2. The van der Waals surface area contributed by atoms with Gasteiger partial charge in [0.2, 0.25) is 0 Å². The topological polar surface area (TPSA) is 32.3 Å². The Morgan fingerprint density at radius 2 is 1.89 bits per heavy atom. The first-order valence-corrected chi connectivity index (χ1v) is 6.51. The average molecular weight is 287 g/mol. The van der Waals surface area contributed by atoms with E-state index in [1.54, 1.807) is 0 Å². The molecule has 19 heavy (non-hydrogen) atoms. The molecule has 0 aliphatic carbocycles. The van der Waals surface area contributed by atoms with Crippen molar-refractivity contribution >= 4 is 11.3 Å². The van der Waals surface area contributed by atoms with Gasteiger partial charge in [-0.3, -0.25) is 0 Å². The third-order valence-corrected chi connectivity index (χ3v) is 3.58. The van der Waals surface area contributed by atoms with Crippen LogP contribution in [-0.2, 0) is 6.54 Å². The predicted molar refractivity (Wildman–Crippen MR) is 67.3 cm³/mol. The van der Waals surface area contributed by atoms with Gasteiger partial charge in [-0.05, 0) is 17.5 Å². The van der Waals surface area contributed by atoms with Gasteiger partial charge in [0.1, 0.15) is 5.82 Å². The fourth-order valence-electron chi connectivity index (χ4n) is 1.71. The van der Waals surface area contributed by atoms with E-state index in [0.717, 1.165) is 10.9 Å². The minimum atomic E-state index is -1.24. The van der Waals surface area contributed by atoms with Crippen molar-refractivity contribution in [2.24, 2.45) is 0 Å². The zero-order chi connectivity index (χ0) is 13.8. The molecule has 0 aliphatic heterocycles. The number of aliphatic hydroxyl groups excluding tert-OH is 1. The molecule has 0 fully saturated rings. The van der Waals surface area contributed by atoms with Crippen molar-refractivity contribution in [3.05, 3.63) is 57.5 Å². The van der Waals surface area contributed by atoms with Crippen LogP contribution in [-0.4, -0.2) is 11.7 Å². The lowest BCUT2D eigenvalue weighted by Crippen LogP contribution is -2.25. The van der Waals surface area contributed by atoms with E-state index in [9.17, 15) is 18.3 Å². The maximum atomic E-state index is 13.6. The highest BCUT2D eigenvalue weighted by Crippen LogP contribution is 2.21. The van der Waals surface area contributed by atoms with Gasteiger partial charge >= 0.3 is 0 Å². The summed E-state index contributed by atoms with van der Waals surface area (Å²) in [6.07, 6.45) is 0. The molecule has 2 aromatic rings. The lowest BCUT2D eigenvalue weighted by molar-refractivity contribution is 0.240. The smallest absolute Gasteiger partial charge is 0.161 e. The Hall–Kier alpha value is -1.37. The first-order chi connectivity index (χ1) is 9.11. The second-order valence-corrected chi connectivity index (χ2v) is 5.02. The summed E-state index contributed by atoms with van der Waals surface area (Å²) in [4.78, 5) is 1.00. The second-order valence-electron chi connectivity index (χ2n) is 3.98. The summed E-state index contributed by atoms with van der Waals surface area (Å²) in [6, 6.07) is 4.23. The molecule has 0 saturated heterocycles. The lowest BCUT2D eigenvalue weighted by Gasteiger charge is -2.17. The highest BCUT2D eigenvalue weighted by atomic mass is 32.1. The Labute approximate surface area is 112 Å². The lowest BCUT2D eigenvalue weighted by atomic mass is 10.1. The van der Waals surface area contributed by atoms with Gasteiger partial charge in [0.05, 0.1) is 12.6 Å². The van der Waals surface area contributed by atoms with Crippen LogP contribution in [0.2, 0.25) is 0 Å². The molecule has 2 nitrogen and oxygen atoms in total. The first kappa shape index (κ1) is 14.0. The molecular weight excluding hydrogens is 275 g/mol. The van der Waals surface area contributed by atoms with Crippen LogP contribution in [0.15, 0.2) is 29.6 Å². The van der Waals surface area contributed by atoms with Gasteiger partial charge in [0.15, 0.2) is 11.6 Å². The van der Waals surface area contributed by atoms with Crippen LogP contribution < -0.4 is 5.32 Å². The Morgan fingerprint density at radius 1 is 1.16 bits per heavy atom. The minimum absolute atomic E-state index is 0.0852. The van der Waals surface area contributed by atoms with Gasteiger partial charge in [-0.2, -0.15) is 0 Å². The summed E-state index contributed by atoms with van der Waals surface area (Å²) in [5, 5.41) is 14.0. The molecule has 102 valence electrons. The zero-order valence-electron chi connectivity index (χ0n) is 9.87. The van der Waals surface area contributed by atoms with Crippen molar-refractivity contribution in [3.8, 4) is 0 Å². The Kier molecular flexibility index (Phi) is 4.57. The van der Waals surface area contributed by atoms with Crippen LogP contribution in [0.3, 0.4) is 0 Å². The van der Waals surface area contributed by atoms with E-state index in [4.69, 9.17) is 0 Å². The molecule has 0 spiro atoms. The first-order valence-electron chi connectivity index (χ1n) is 5.63. The van der Waals surface area contributed by atoms with Crippen molar-refractivity contribution < 1.29 is 18.3 Å². The van der Waals surface area contributed by atoms with Crippen molar-refractivity contribution in [3.63, 3.8) is 0 Å². The van der Waals surface area contributed by atoms with Gasteiger partial charge in [-0.25, -0.2) is 13.2 Å². The molecule has 1 aromatic carbocycles. The molecule has 1 unspecified atom stereocenters. The molecule has 1 aromatic heterocycles. The molecular formula is C13H12F3NOS. The molecule has 0 bridgehead atoms. The maximum absolute atomic E-state index is 13.6. The van der Waals surface area contributed by atoms with Crippen molar-refractivity contribution in [1.29, 1.82) is 0 Å². The van der Waals surface area contributed by atoms with Gasteiger partial charge in [-0.15, -0.1) is 11.3 Å². The molecule has 1 heterocycles. The summed E-state index contributed by atoms with van der Waals surface area (Å²) in [5.74, 6) is -3.25. The van der Waals surface area contributed by atoms with E-state index in [1.165, 1.54) is 11.3 Å². The second kappa shape index (κ2) is 6.18. The Balaban J connectivity index is 2.15. The normalized spacial score (nSPS) is 12.6. The Bertz CT molecular complexity index is 545. The number of thiophene rings is 1. The zero-order valence-corrected chi connectivity index (χ0v) is 10.7. The number of aliphatic hydroxyl groups is 1. The van der Waals surface area contributed by atoms with Gasteiger partial charge < -0.3 is 10.4 Å². The number of hydrogen-bond donors (Lipinski definition) is 2. The third kappa shape index (κ3) is 3.34. The monoisotopic (exact) mass is 287 g/mol. The molecule has 0 aliphatic rings. The third-order valence-electron chi connectivity index (χ3n) is 2.70.